The average Bonchev–Trinajstić information content (AvgIpc) is 2.91. The van der Waals surface area contributed by atoms with E-state index in [9.17, 15) is 4.79 Å². The summed E-state index contributed by atoms with van der Waals surface area (Å²) >= 11 is 5.19. The third-order valence-electron chi connectivity index (χ3n) is 4.54. The first-order chi connectivity index (χ1) is 10.1. The van der Waals surface area contributed by atoms with Crippen LogP contribution in [0, 0.1) is 0 Å². The van der Waals surface area contributed by atoms with E-state index in [4.69, 9.17) is 0 Å². The summed E-state index contributed by atoms with van der Waals surface area (Å²) in [5.74, 6) is 0.276. The number of carbonyl (C=O) groups excluding carboxylic acids is 1. The SMILES string of the molecule is CCN(Cc1ccc(Br)s1)C(=O)CC1(NC)CCCCC1. The molecule has 118 valence electrons. The molecule has 0 aliphatic heterocycles. The van der Waals surface area contributed by atoms with Gasteiger partial charge in [-0.25, -0.2) is 0 Å². The molecule has 1 aromatic heterocycles. The van der Waals surface area contributed by atoms with Gasteiger partial charge in [-0.2, -0.15) is 0 Å². The van der Waals surface area contributed by atoms with Crippen LogP contribution in [0.5, 0.6) is 0 Å². The molecule has 0 unspecified atom stereocenters. The largest absolute Gasteiger partial charge is 0.338 e. The van der Waals surface area contributed by atoms with E-state index in [2.05, 4.69) is 40.3 Å². The Morgan fingerprint density at radius 1 is 1.38 bits per heavy atom. The second-order valence-electron chi connectivity index (χ2n) is 5.88. The fraction of sp³-hybridized carbons (Fsp3) is 0.688. The van der Waals surface area contributed by atoms with Crippen LogP contribution in [0.15, 0.2) is 15.9 Å². The number of carbonyl (C=O) groups is 1. The van der Waals surface area contributed by atoms with Crippen molar-refractivity contribution < 1.29 is 4.79 Å². The van der Waals surface area contributed by atoms with E-state index in [0.717, 1.165) is 29.7 Å². The van der Waals surface area contributed by atoms with Gasteiger partial charge in [0.2, 0.25) is 5.91 Å². The standard InChI is InChI=1S/C16H25BrN2OS/c1-3-19(12-13-7-8-14(17)21-13)15(20)11-16(18-2)9-5-4-6-10-16/h7-8,18H,3-6,9-12H2,1-2H3. The Labute approximate surface area is 140 Å². The van der Waals surface area contributed by atoms with Gasteiger partial charge in [0, 0.05) is 23.4 Å². The topological polar surface area (TPSA) is 32.3 Å². The van der Waals surface area contributed by atoms with Gasteiger partial charge in [-0.05, 0) is 54.9 Å². The van der Waals surface area contributed by atoms with E-state index in [-0.39, 0.29) is 11.4 Å². The highest BCUT2D eigenvalue weighted by Crippen LogP contribution is 2.31. The quantitative estimate of drug-likeness (QED) is 0.812. The highest BCUT2D eigenvalue weighted by molar-refractivity contribution is 9.11. The Morgan fingerprint density at radius 3 is 2.62 bits per heavy atom. The smallest absolute Gasteiger partial charge is 0.224 e. The van der Waals surface area contributed by atoms with Crippen molar-refractivity contribution in [2.24, 2.45) is 0 Å². The molecule has 0 saturated heterocycles. The molecule has 1 amide bonds. The number of rotatable bonds is 6. The van der Waals surface area contributed by atoms with Gasteiger partial charge < -0.3 is 10.2 Å². The maximum atomic E-state index is 12.7. The summed E-state index contributed by atoms with van der Waals surface area (Å²) in [4.78, 5) is 15.9. The maximum Gasteiger partial charge on any atom is 0.224 e. The lowest BCUT2D eigenvalue weighted by molar-refractivity contribution is -0.133. The minimum absolute atomic E-state index is 0.0266. The number of nitrogens with one attached hydrogen (secondary N) is 1. The van der Waals surface area contributed by atoms with Crippen molar-refractivity contribution in [3.05, 3.63) is 20.8 Å². The predicted molar refractivity (Wildman–Crippen MR) is 92.6 cm³/mol. The highest BCUT2D eigenvalue weighted by atomic mass is 79.9. The van der Waals surface area contributed by atoms with Crippen LogP contribution in [0.25, 0.3) is 0 Å². The summed E-state index contributed by atoms with van der Waals surface area (Å²) in [5.41, 5.74) is 0.0266. The van der Waals surface area contributed by atoms with Gasteiger partial charge in [-0.3, -0.25) is 4.79 Å². The predicted octanol–water partition coefficient (Wildman–Crippen LogP) is 4.17. The summed E-state index contributed by atoms with van der Waals surface area (Å²) in [7, 11) is 2.01. The van der Waals surface area contributed by atoms with Crippen LogP contribution in [0.2, 0.25) is 0 Å². The van der Waals surface area contributed by atoms with Crippen molar-refractivity contribution in [1.29, 1.82) is 0 Å². The molecule has 0 spiro atoms. The fourth-order valence-electron chi connectivity index (χ4n) is 3.15. The molecule has 1 aliphatic rings. The summed E-state index contributed by atoms with van der Waals surface area (Å²) in [5, 5.41) is 3.44. The number of hydrogen-bond acceptors (Lipinski definition) is 3. The van der Waals surface area contributed by atoms with Crippen molar-refractivity contribution in [1.82, 2.24) is 10.2 Å². The van der Waals surface area contributed by atoms with Gasteiger partial charge in [0.15, 0.2) is 0 Å². The molecular formula is C16H25BrN2OS. The zero-order valence-corrected chi connectivity index (χ0v) is 15.4. The molecule has 5 heteroatoms. The molecular weight excluding hydrogens is 348 g/mol. The van der Waals surface area contributed by atoms with E-state index in [1.54, 1.807) is 11.3 Å². The molecule has 1 aromatic rings. The zero-order chi connectivity index (χ0) is 15.3. The second-order valence-corrected chi connectivity index (χ2v) is 8.43. The fourth-order valence-corrected chi connectivity index (χ4v) is 4.65. The summed E-state index contributed by atoms with van der Waals surface area (Å²) in [6.07, 6.45) is 6.65. The molecule has 0 aromatic carbocycles. The van der Waals surface area contributed by atoms with Crippen LogP contribution in [0.1, 0.15) is 50.3 Å². The maximum absolute atomic E-state index is 12.7. The molecule has 1 heterocycles. The Morgan fingerprint density at radius 2 is 2.10 bits per heavy atom. The molecule has 0 bridgehead atoms. The van der Waals surface area contributed by atoms with Crippen LogP contribution in [0.4, 0.5) is 0 Å². The monoisotopic (exact) mass is 372 g/mol. The third-order valence-corrected chi connectivity index (χ3v) is 6.15. The molecule has 1 fully saturated rings. The molecule has 0 radical (unpaired) electrons. The van der Waals surface area contributed by atoms with E-state index < -0.39 is 0 Å². The Bertz CT molecular complexity index is 469. The lowest BCUT2D eigenvalue weighted by Crippen LogP contribution is -2.48. The Kier molecular flexibility index (Phi) is 6.26. The van der Waals surface area contributed by atoms with E-state index in [0.29, 0.717) is 6.42 Å². The van der Waals surface area contributed by atoms with E-state index in [1.807, 2.05) is 11.9 Å². The summed E-state index contributed by atoms with van der Waals surface area (Å²) in [6, 6.07) is 4.15. The van der Waals surface area contributed by atoms with Crippen LogP contribution in [-0.4, -0.2) is 29.9 Å². The first-order valence-corrected chi connectivity index (χ1v) is 9.40. The Hall–Kier alpha value is -0.390. The summed E-state index contributed by atoms with van der Waals surface area (Å²) < 4.78 is 1.12. The van der Waals surface area contributed by atoms with Crippen LogP contribution < -0.4 is 5.32 Å². The molecule has 21 heavy (non-hydrogen) atoms. The van der Waals surface area contributed by atoms with Gasteiger partial charge in [0.25, 0.3) is 0 Å². The third kappa shape index (κ3) is 4.54. The second kappa shape index (κ2) is 7.75. The van der Waals surface area contributed by atoms with Gasteiger partial charge >= 0.3 is 0 Å². The minimum Gasteiger partial charge on any atom is -0.338 e. The lowest BCUT2D eigenvalue weighted by atomic mass is 9.79. The van der Waals surface area contributed by atoms with Crippen LogP contribution >= 0.6 is 27.3 Å². The van der Waals surface area contributed by atoms with Gasteiger partial charge in [0.05, 0.1) is 10.3 Å². The van der Waals surface area contributed by atoms with Crippen LogP contribution in [0.3, 0.4) is 0 Å². The molecule has 1 saturated carbocycles. The van der Waals surface area contributed by atoms with Gasteiger partial charge in [0.1, 0.15) is 0 Å². The van der Waals surface area contributed by atoms with Crippen molar-refractivity contribution in [3.63, 3.8) is 0 Å². The van der Waals surface area contributed by atoms with Gasteiger partial charge in [-0.15, -0.1) is 11.3 Å². The van der Waals surface area contributed by atoms with Gasteiger partial charge in [-0.1, -0.05) is 19.3 Å². The van der Waals surface area contributed by atoms with Crippen LogP contribution in [-0.2, 0) is 11.3 Å². The number of halogens is 1. The Balaban J connectivity index is 1.98. The number of hydrogen-bond donors (Lipinski definition) is 1. The van der Waals surface area contributed by atoms with Crippen molar-refractivity contribution >= 4 is 33.2 Å². The number of nitrogens with zero attached hydrogens (tertiary/aromatic N) is 1. The first-order valence-electron chi connectivity index (χ1n) is 7.79. The molecule has 3 nitrogen and oxygen atoms in total. The lowest BCUT2D eigenvalue weighted by Gasteiger charge is -2.38. The highest BCUT2D eigenvalue weighted by Gasteiger charge is 2.33. The normalized spacial score (nSPS) is 17.7. The molecule has 0 atom stereocenters. The minimum atomic E-state index is 0.0266. The number of amides is 1. The zero-order valence-electron chi connectivity index (χ0n) is 13.0. The number of thiophene rings is 1. The van der Waals surface area contributed by atoms with Crippen molar-refractivity contribution in [3.8, 4) is 0 Å². The molecule has 1 aliphatic carbocycles. The van der Waals surface area contributed by atoms with E-state index >= 15 is 0 Å². The molecule has 1 N–H and O–H groups in total. The van der Waals surface area contributed by atoms with Crippen molar-refractivity contribution in [2.45, 2.75) is 57.5 Å². The van der Waals surface area contributed by atoms with Crippen molar-refractivity contribution in [2.75, 3.05) is 13.6 Å². The average molecular weight is 373 g/mol. The summed E-state index contributed by atoms with van der Waals surface area (Å²) in [6.45, 7) is 3.56. The first kappa shape index (κ1) is 17.0. The van der Waals surface area contributed by atoms with E-state index in [1.165, 1.54) is 24.1 Å². The molecule has 2 rings (SSSR count).